The zero-order valence-corrected chi connectivity index (χ0v) is 16.0. The lowest BCUT2D eigenvalue weighted by molar-refractivity contribution is 0.148. The van der Waals surface area contributed by atoms with Gasteiger partial charge < -0.3 is 10.5 Å². The highest BCUT2D eigenvalue weighted by Crippen LogP contribution is 2.38. The molecule has 0 radical (unpaired) electrons. The van der Waals surface area contributed by atoms with Crippen molar-refractivity contribution in [3.63, 3.8) is 0 Å². The van der Waals surface area contributed by atoms with Crippen LogP contribution in [0.2, 0.25) is 0 Å². The molecule has 1 aliphatic heterocycles. The molecule has 2 atom stereocenters. The number of benzene rings is 3. The molecule has 6 nitrogen and oxygen atoms in total. The van der Waals surface area contributed by atoms with Crippen molar-refractivity contribution in [2.45, 2.75) is 18.6 Å². The summed E-state index contributed by atoms with van der Waals surface area (Å²) in [4.78, 5) is 0. The first-order chi connectivity index (χ1) is 15.0. The Morgan fingerprint density at radius 2 is 1.68 bits per heavy atom. The van der Waals surface area contributed by atoms with Gasteiger partial charge in [-0.1, -0.05) is 24.3 Å². The Labute approximate surface area is 174 Å². The third kappa shape index (κ3) is 3.53. The summed E-state index contributed by atoms with van der Waals surface area (Å²) in [7, 11) is 0. The first-order valence-corrected chi connectivity index (χ1v) is 9.54. The van der Waals surface area contributed by atoms with Gasteiger partial charge in [0.2, 0.25) is 0 Å². The van der Waals surface area contributed by atoms with Gasteiger partial charge in [-0.3, -0.25) is 0 Å². The summed E-state index contributed by atoms with van der Waals surface area (Å²) in [6.45, 7) is 0. The van der Waals surface area contributed by atoms with Gasteiger partial charge in [-0.2, -0.15) is 0 Å². The van der Waals surface area contributed by atoms with E-state index >= 15 is 0 Å². The molecule has 0 amide bonds. The predicted molar refractivity (Wildman–Crippen MR) is 106 cm³/mol. The van der Waals surface area contributed by atoms with E-state index in [1.54, 1.807) is 6.07 Å². The van der Waals surface area contributed by atoms with E-state index in [-0.39, 0.29) is 5.56 Å². The Kier molecular flexibility index (Phi) is 4.67. The first kappa shape index (κ1) is 19.3. The van der Waals surface area contributed by atoms with Crippen molar-refractivity contribution in [2.24, 2.45) is 5.73 Å². The van der Waals surface area contributed by atoms with Crippen molar-refractivity contribution in [1.82, 2.24) is 20.6 Å². The number of fused-ring (bicyclic) bond motifs is 1. The van der Waals surface area contributed by atoms with Gasteiger partial charge in [0.1, 0.15) is 17.7 Å². The Hall–Kier alpha value is -3.72. The number of ether oxygens (including phenoxy) is 1. The fourth-order valence-electron chi connectivity index (χ4n) is 3.80. The number of halogens is 3. The van der Waals surface area contributed by atoms with Gasteiger partial charge >= 0.3 is 0 Å². The van der Waals surface area contributed by atoms with Crippen LogP contribution in [0.4, 0.5) is 13.2 Å². The Morgan fingerprint density at radius 1 is 0.903 bits per heavy atom. The molecule has 0 spiro atoms. The lowest BCUT2D eigenvalue weighted by Crippen LogP contribution is -2.38. The van der Waals surface area contributed by atoms with Gasteiger partial charge in [-0.05, 0) is 57.8 Å². The quantitative estimate of drug-likeness (QED) is 0.487. The van der Waals surface area contributed by atoms with E-state index in [0.29, 0.717) is 24.1 Å². The van der Waals surface area contributed by atoms with Crippen LogP contribution in [0.5, 0.6) is 5.75 Å². The van der Waals surface area contributed by atoms with Crippen LogP contribution in [0.15, 0.2) is 54.6 Å². The fourth-order valence-corrected chi connectivity index (χ4v) is 3.80. The van der Waals surface area contributed by atoms with Gasteiger partial charge in [0.05, 0.1) is 6.04 Å². The van der Waals surface area contributed by atoms with Crippen LogP contribution in [0.25, 0.3) is 22.5 Å². The number of nitrogens with zero attached hydrogens (tertiary/aromatic N) is 3. The number of nitrogens with one attached hydrogen (secondary N) is 1. The summed E-state index contributed by atoms with van der Waals surface area (Å²) in [6.07, 6.45) is -0.534. The van der Waals surface area contributed by atoms with Crippen LogP contribution in [-0.4, -0.2) is 26.7 Å². The standard InChI is InChI=1S/C22H16F3N5O/c23-16-10-18(25)17(24)9-15(16)21-19(26)8-14-7-12(4-5-20(14)31-21)11-2-1-3-13(6-11)22-27-29-30-28-22/h1-7,9-10,19,21H,8,26H2,(H,27,28,29,30)/t19-,21+/m0/s1. The molecule has 1 aliphatic rings. The van der Waals surface area contributed by atoms with E-state index < -0.39 is 29.6 Å². The second-order valence-electron chi connectivity index (χ2n) is 7.35. The third-order valence-electron chi connectivity index (χ3n) is 5.32. The number of hydrogen-bond donors (Lipinski definition) is 2. The summed E-state index contributed by atoms with van der Waals surface area (Å²) < 4.78 is 47.1. The molecule has 2 heterocycles. The van der Waals surface area contributed by atoms with Crippen molar-refractivity contribution >= 4 is 0 Å². The largest absolute Gasteiger partial charge is 0.484 e. The smallest absolute Gasteiger partial charge is 0.179 e. The highest BCUT2D eigenvalue weighted by atomic mass is 19.2. The zero-order chi connectivity index (χ0) is 21.5. The van der Waals surface area contributed by atoms with Gasteiger partial charge in [-0.15, -0.1) is 5.10 Å². The number of rotatable bonds is 3. The van der Waals surface area contributed by atoms with Crippen LogP contribution in [0.3, 0.4) is 0 Å². The summed E-state index contributed by atoms with van der Waals surface area (Å²) in [6, 6.07) is 14.0. The SMILES string of the molecule is N[C@H]1Cc2cc(-c3cccc(-c4nnn[nH]4)c3)ccc2O[C@@H]1c1cc(F)c(F)cc1F. The summed E-state index contributed by atoms with van der Waals surface area (Å²) in [5, 5.41) is 13.8. The number of H-pyrrole nitrogens is 1. The molecule has 3 N–H and O–H groups in total. The number of aromatic nitrogens is 4. The molecule has 0 saturated heterocycles. The minimum Gasteiger partial charge on any atom is -0.484 e. The molecule has 0 saturated carbocycles. The topological polar surface area (TPSA) is 89.7 Å². The normalized spacial score (nSPS) is 17.8. The Bertz CT molecular complexity index is 1260. The monoisotopic (exact) mass is 423 g/mol. The molecular weight excluding hydrogens is 407 g/mol. The lowest BCUT2D eigenvalue weighted by Gasteiger charge is -2.32. The second-order valence-corrected chi connectivity index (χ2v) is 7.35. The van der Waals surface area contributed by atoms with Gasteiger partial charge in [-0.25, -0.2) is 18.3 Å². The predicted octanol–water partition coefficient (Wildman–Crippen LogP) is 3.95. The van der Waals surface area contributed by atoms with Crippen LogP contribution >= 0.6 is 0 Å². The fraction of sp³-hybridized carbons (Fsp3) is 0.136. The van der Waals surface area contributed by atoms with Crippen molar-refractivity contribution in [3.05, 3.63) is 83.2 Å². The maximum atomic E-state index is 14.2. The number of nitrogens with two attached hydrogens (primary N) is 1. The molecule has 0 bridgehead atoms. The van der Waals surface area contributed by atoms with Crippen molar-refractivity contribution in [3.8, 4) is 28.3 Å². The minimum absolute atomic E-state index is 0.102. The van der Waals surface area contributed by atoms with Gasteiger partial charge in [0, 0.05) is 17.2 Å². The van der Waals surface area contributed by atoms with Crippen LogP contribution in [0, 0.1) is 17.5 Å². The third-order valence-corrected chi connectivity index (χ3v) is 5.32. The summed E-state index contributed by atoms with van der Waals surface area (Å²) in [5.41, 5.74) is 9.68. The van der Waals surface area contributed by atoms with Gasteiger partial charge in [0.15, 0.2) is 17.5 Å². The first-order valence-electron chi connectivity index (χ1n) is 9.54. The van der Waals surface area contributed by atoms with E-state index in [4.69, 9.17) is 10.5 Å². The molecule has 9 heteroatoms. The lowest BCUT2D eigenvalue weighted by atomic mass is 9.91. The summed E-state index contributed by atoms with van der Waals surface area (Å²) in [5.74, 6) is -2.20. The molecule has 156 valence electrons. The second kappa shape index (κ2) is 7.51. The van der Waals surface area contributed by atoms with Crippen molar-refractivity contribution in [2.75, 3.05) is 0 Å². The number of aromatic amines is 1. The van der Waals surface area contributed by atoms with E-state index in [2.05, 4.69) is 20.6 Å². The van der Waals surface area contributed by atoms with Crippen LogP contribution in [0.1, 0.15) is 17.2 Å². The van der Waals surface area contributed by atoms with E-state index in [1.165, 1.54) is 0 Å². The number of tetrazole rings is 1. The van der Waals surface area contributed by atoms with Crippen LogP contribution in [-0.2, 0) is 6.42 Å². The maximum Gasteiger partial charge on any atom is 0.179 e. The molecular formula is C22H16F3N5O. The van der Waals surface area contributed by atoms with Gasteiger partial charge in [0.25, 0.3) is 0 Å². The number of hydrogen-bond acceptors (Lipinski definition) is 5. The van der Waals surface area contributed by atoms with Crippen molar-refractivity contribution < 1.29 is 17.9 Å². The molecule has 1 aromatic heterocycles. The molecule has 4 aromatic rings. The average Bonchev–Trinajstić information content (AvgIpc) is 3.31. The van der Waals surface area contributed by atoms with E-state index in [1.807, 2.05) is 36.4 Å². The highest BCUT2D eigenvalue weighted by molar-refractivity contribution is 5.71. The molecule has 31 heavy (non-hydrogen) atoms. The molecule has 5 rings (SSSR count). The molecule has 0 unspecified atom stereocenters. The average molecular weight is 423 g/mol. The molecule has 0 aliphatic carbocycles. The highest BCUT2D eigenvalue weighted by Gasteiger charge is 2.32. The Morgan fingerprint density at radius 3 is 2.48 bits per heavy atom. The van der Waals surface area contributed by atoms with Crippen molar-refractivity contribution in [1.29, 1.82) is 0 Å². The van der Waals surface area contributed by atoms with E-state index in [9.17, 15) is 13.2 Å². The Balaban J connectivity index is 1.46. The molecule has 3 aromatic carbocycles. The maximum absolute atomic E-state index is 14.2. The molecule has 0 fully saturated rings. The summed E-state index contributed by atoms with van der Waals surface area (Å²) >= 11 is 0. The zero-order valence-electron chi connectivity index (χ0n) is 16.0. The minimum atomic E-state index is -1.25. The van der Waals surface area contributed by atoms with E-state index in [0.717, 1.165) is 28.3 Å². The van der Waals surface area contributed by atoms with Crippen LogP contribution < -0.4 is 10.5 Å².